The Hall–Kier alpha value is -1.06. The number of hydrogen-bond donors (Lipinski definition) is 1. The summed E-state index contributed by atoms with van der Waals surface area (Å²) in [5.74, 6) is 0.928. The highest BCUT2D eigenvalue weighted by Gasteiger charge is 2.35. The zero-order valence-corrected chi connectivity index (χ0v) is 11.0. The Labute approximate surface area is 104 Å². The topological polar surface area (TPSA) is 24.5 Å². The molecule has 1 fully saturated rings. The van der Waals surface area contributed by atoms with Gasteiger partial charge in [0.1, 0.15) is 5.75 Å². The Bertz CT molecular complexity index is 353. The molecule has 1 heterocycles. The van der Waals surface area contributed by atoms with E-state index < -0.39 is 0 Å². The number of nitrogens with zero attached hydrogens (tertiary/aromatic N) is 1. The van der Waals surface area contributed by atoms with Crippen LogP contribution in [0.3, 0.4) is 0 Å². The second-order valence-corrected chi connectivity index (χ2v) is 5.07. The van der Waals surface area contributed by atoms with Gasteiger partial charge in [0.25, 0.3) is 0 Å². The van der Waals surface area contributed by atoms with Crippen molar-refractivity contribution in [2.75, 3.05) is 34.3 Å². The van der Waals surface area contributed by atoms with Gasteiger partial charge in [0.05, 0.1) is 7.11 Å². The van der Waals surface area contributed by atoms with Gasteiger partial charge in [0, 0.05) is 12.1 Å². The maximum atomic E-state index is 5.19. The van der Waals surface area contributed by atoms with Gasteiger partial charge in [-0.1, -0.05) is 12.1 Å². The van der Waals surface area contributed by atoms with Crippen LogP contribution in [0.1, 0.15) is 12.0 Å². The van der Waals surface area contributed by atoms with Crippen molar-refractivity contribution in [3.8, 4) is 5.75 Å². The zero-order chi connectivity index (χ0) is 12.3. The minimum absolute atomic E-state index is 0.272. The molecule has 1 atom stereocenters. The van der Waals surface area contributed by atoms with Gasteiger partial charge in [-0.2, -0.15) is 0 Å². The van der Waals surface area contributed by atoms with E-state index in [2.05, 4.69) is 36.4 Å². The molecule has 0 amide bonds. The van der Waals surface area contributed by atoms with Crippen molar-refractivity contribution >= 4 is 0 Å². The van der Waals surface area contributed by atoms with Gasteiger partial charge < -0.3 is 15.0 Å². The van der Waals surface area contributed by atoms with E-state index in [-0.39, 0.29) is 5.54 Å². The van der Waals surface area contributed by atoms with Crippen LogP contribution in [0, 0.1) is 0 Å². The van der Waals surface area contributed by atoms with Crippen molar-refractivity contribution in [2.45, 2.75) is 18.4 Å². The van der Waals surface area contributed by atoms with Gasteiger partial charge in [-0.3, -0.25) is 0 Å². The lowest BCUT2D eigenvalue weighted by Crippen LogP contribution is -2.47. The minimum atomic E-state index is 0.272. The largest absolute Gasteiger partial charge is 0.497 e. The number of likely N-dealkylation sites (N-methyl/N-ethyl adjacent to an activating group) is 1. The van der Waals surface area contributed by atoms with E-state index in [9.17, 15) is 0 Å². The lowest BCUT2D eigenvalue weighted by molar-refractivity contribution is 0.172. The molecule has 3 nitrogen and oxygen atoms in total. The SMILES string of the molecule is COc1ccc(CC2(N(C)C)CCNC2)cc1. The van der Waals surface area contributed by atoms with E-state index in [1.54, 1.807) is 7.11 Å². The Kier molecular flexibility index (Phi) is 3.69. The summed E-state index contributed by atoms with van der Waals surface area (Å²) in [7, 11) is 6.06. The summed E-state index contributed by atoms with van der Waals surface area (Å²) in [5.41, 5.74) is 1.65. The maximum Gasteiger partial charge on any atom is 0.118 e. The van der Waals surface area contributed by atoms with E-state index in [0.717, 1.165) is 25.3 Å². The van der Waals surface area contributed by atoms with Crippen molar-refractivity contribution < 1.29 is 4.74 Å². The van der Waals surface area contributed by atoms with Crippen LogP contribution >= 0.6 is 0 Å². The van der Waals surface area contributed by atoms with Crippen LogP contribution in [0.25, 0.3) is 0 Å². The molecule has 0 radical (unpaired) electrons. The number of hydrogen-bond acceptors (Lipinski definition) is 3. The van der Waals surface area contributed by atoms with E-state index in [4.69, 9.17) is 4.74 Å². The summed E-state index contributed by atoms with van der Waals surface area (Å²) in [5, 5.41) is 3.47. The van der Waals surface area contributed by atoms with Gasteiger partial charge in [-0.05, 0) is 51.2 Å². The first-order valence-electron chi connectivity index (χ1n) is 6.17. The molecule has 1 aliphatic heterocycles. The summed E-state index contributed by atoms with van der Waals surface area (Å²) in [6.07, 6.45) is 2.31. The molecule has 1 saturated heterocycles. The Morgan fingerprint density at radius 3 is 2.47 bits per heavy atom. The van der Waals surface area contributed by atoms with Crippen LogP contribution in [0.5, 0.6) is 5.75 Å². The summed E-state index contributed by atoms with van der Waals surface area (Å²) in [6.45, 7) is 2.19. The highest BCUT2D eigenvalue weighted by atomic mass is 16.5. The normalized spacial score (nSPS) is 24.2. The highest BCUT2D eigenvalue weighted by Crippen LogP contribution is 2.26. The zero-order valence-electron chi connectivity index (χ0n) is 11.0. The Morgan fingerprint density at radius 1 is 1.29 bits per heavy atom. The first-order chi connectivity index (χ1) is 8.16. The third-order valence-electron chi connectivity index (χ3n) is 3.86. The van der Waals surface area contributed by atoms with E-state index in [1.807, 2.05) is 12.1 Å². The fraction of sp³-hybridized carbons (Fsp3) is 0.571. The number of ether oxygens (including phenoxy) is 1. The fourth-order valence-electron chi connectivity index (χ4n) is 2.54. The maximum absolute atomic E-state index is 5.19. The third-order valence-corrected chi connectivity index (χ3v) is 3.86. The highest BCUT2D eigenvalue weighted by molar-refractivity contribution is 5.28. The van der Waals surface area contributed by atoms with Crippen LogP contribution in [0.4, 0.5) is 0 Å². The molecule has 1 aromatic carbocycles. The molecule has 1 N–H and O–H groups in total. The molecule has 1 aromatic rings. The summed E-state index contributed by atoms with van der Waals surface area (Å²) in [4.78, 5) is 2.36. The number of nitrogens with one attached hydrogen (secondary N) is 1. The summed E-state index contributed by atoms with van der Waals surface area (Å²) in [6, 6.07) is 8.42. The number of methoxy groups -OCH3 is 1. The van der Waals surface area contributed by atoms with Crippen LogP contribution < -0.4 is 10.1 Å². The van der Waals surface area contributed by atoms with Crippen LogP contribution in [-0.2, 0) is 6.42 Å². The molecule has 0 saturated carbocycles. The van der Waals surface area contributed by atoms with E-state index >= 15 is 0 Å². The predicted molar refractivity (Wildman–Crippen MR) is 70.6 cm³/mol. The fourth-order valence-corrected chi connectivity index (χ4v) is 2.54. The molecular formula is C14H22N2O. The minimum Gasteiger partial charge on any atom is -0.497 e. The summed E-state index contributed by atoms with van der Waals surface area (Å²) >= 11 is 0. The number of rotatable bonds is 4. The molecule has 94 valence electrons. The first-order valence-corrected chi connectivity index (χ1v) is 6.17. The summed E-state index contributed by atoms with van der Waals surface area (Å²) < 4.78 is 5.19. The quantitative estimate of drug-likeness (QED) is 0.855. The van der Waals surface area contributed by atoms with Gasteiger partial charge in [0.2, 0.25) is 0 Å². The van der Waals surface area contributed by atoms with Crippen LogP contribution in [-0.4, -0.2) is 44.7 Å². The van der Waals surface area contributed by atoms with E-state index in [1.165, 1.54) is 12.0 Å². The number of benzene rings is 1. The predicted octanol–water partition coefficient (Wildman–Crippen LogP) is 1.53. The average molecular weight is 234 g/mol. The molecule has 2 rings (SSSR count). The molecular weight excluding hydrogens is 212 g/mol. The second kappa shape index (κ2) is 5.07. The van der Waals surface area contributed by atoms with Crippen molar-refractivity contribution in [3.05, 3.63) is 29.8 Å². The van der Waals surface area contributed by atoms with Gasteiger partial charge in [-0.25, -0.2) is 0 Å². The second-order valence-electron chi connectivity index (χ2n) is 5.07. The van der Waals surface area contributed by atoms with Crippen LogP contribution in [0.15, 0.2) is 24.3 Å². The van der Waals surface area contributed by atoms with Crippen molar-refractivity contribution in [1.29, 1.82) is 0 Å². The van der Waals surface area contributed by atoms with Gasteiger partial charge >= 0.3 is 0 Å². The standard InChI is InChI=1S/C14H22N2O/c1-16(2)14(8-9-15-11-14)10-12-4-6-13(17-3)7-5-12/h4-7,15H,8-11H2,1-3H3. The molecule has 17 heavy (non-hydrogen) atoms. The molecule has 1 unspecified atom stereocenters. The molecule has 1 aliphatic rings. The van der Waals surface area contributed by atoms with Gasteiger partial charge in [0.15, 0.2) is 0 Å². The Balaban J connectivity index is 2.12. The average Bonchev–Trinajstić information content (AvgIpc) is 2.80. The van der Waals surface area contributed by atoms with Crippen LogP contribution in [0.2, 0.25) is 0 Å². The first kappa shape index (κ1) is 12.4. The molecule has 0 bridgehead atoms. The molecule has 0 spiro atoms. The van der Waals surface area contributed by atoms with Crippen molar-refractivity contribution in [2.24, 2.45) is 0 Å². The van der Waals surface area contributed by atoms with Crippen molar-refractivity contribution in [1.82, 2.24) is 10.2 Å². The third kappa shape index (κ3) is 2.61. The molecule has 0 aromatic heterocycles. The molecule has 0 aliphatic carbocycles. The lowest BCUT2D eigenvalue weighted by Gasteiger charge is -2.35. The monoisotopic (exact) mass is 234 g/mol. The molecule has 3 heteroatoms. The lowest BCUT2D eigenvalue weighted by atomic mass is 9.89. The van der Waals surface area contributed by atoms with Gasteiger partial charge in [-0.15, -0.1) is 0 Å². The Morgan fingerprint density at radius 2 is 2.00 bits per heavy atom. The van der Waals surface area contributed by atoms with E-state index in [0.29, 0.717) is 0 Å². The smallest absolute Gasteiger partial charge is 0.118 e. The van der Waals surface area contributed by atoms with Crippen molar-refractivity contribution in [3.63, 3.8) is 0 Å².